The molecule has 8 heteroatoms. The van der Waals surface area contributed by atoms with E-state index in [2.05, 4.69) is 20.4 Å². The summed E-state index contributed by atoms with van der Waals surface area (Å²) >= 11 is 0. The molecule has 0 bridgehead atoms. The summed E-state index contributed by atoms with van der Waals surface area (Å²) in [5, 5.41) is 15.0. The number of carbonyl (C=O) groups excluding carboxylic acids is 1. The van der Waals surface area contributed by atoms with Crippen molar-refractivity contribution in [3.05, 3.63) is 35.2 Å². The van der Waals surface area contributed by atoms with Gasteiger partial charge < -0.3 is 19.9 Å². The molecule has 0 aliphatic heterocycles. The van der Waals surface area contributed by atoms with E-state index in [4.69, 9.17) is 9.63 Å². The molecule has 0 spiro atoms. The highest BCUT2D eigenvalue weighted by Crippen LogP contribution is 2.04. The van der Waals surface area contributed by atoms with Crippen LogP contribution in [0.5, 0.6) is 0 Å². The van der Waals surface area contributed by atoms with E-state index in [1.54, 1.807) is 13.0 Å². The average molecular weight is 250 g/mol. The molecule has 0 aromatic carbocycles. The molecule has 0 radical (unpaired) electrons. The minimum absolute atomic E-state index is 0.141. The van der Waals surface area contributed by atoms with E-state index in [1.807, 2.05) is 0 Å². The highest BCUT2D eigenvalue weighted by atomic mass is 16.5. The molecular weight excluding hydrogens is 240 g/mol. The predicted octanol–water partition coefficient (Wildman–Crippen LogP) is 0.334. The standard InChI is InChI=1S/C10H10N4O4/c1-5-2-6(14-18-5)3-11-9(15)7-8(10(16)17)13-4-12-7/h2,4H,3H2,1H3,(H,11,15)(H,12,13)(H,16,17). The highest BCUT2D eigenvalue weighted by molar-refractivity contribution is 6.02. The van der Waals surface area contributed by atoms with Crippen LogP contribution in [0.3, 0.4) is 0 Å². The van der Waals surface area contributed by atoms with Gasteiger partial charge in [0.2, 0.25) is 0 Å². The van der Waals surface area contributed by atoms with Crippen LogP contribution in [0, 0.1) is 6.92 Å². The lowest BCUT2D eigenvalue weighted by Gasteiger charge is -2.00. The van der Waals surface area contributed by atoms with Crippen molar-refractivity contribution in [3.8, 4) is 0 Å². The number of nitrogens with zero attached hydrogens (tertiary/aromatic N) is 2. The molecule has 0 saturated carbocycles. The first-order valence-corrected chi connectivity index (χ1v) is 5.05. The molecule has 2 heterocycles. The summed E-state index contributed by atoms with van der Waals surface area (Å²) in [5.74, 6) is -1.20. The zero-order valence-corrected chi connectivity index (χ0v) is 9.43. The van der Waals surface area contributed by atoms with Gasteiger partial charge in [0.05, 0.1) is 12.9 Å². The second-order valence-electron chi connectivity index (χ2n) is 3.54. The number of imidazole rings is 1. The molecule has 1 amide bonds. The molecule has 94 valence electrons. The molecule has 0 aliphatic rings. The zero-order chi connectivity index (χ0) is 13.1. The van der Waals surface area contributed by atoms with Crippen molar-refractivity contribution in [3.63, 3.8) is 0 Å². The minimum Gasteiger partial charge on any atom is -0.477 e. The van der Waals surface area contributed by atoms with E-state index < -0.39 is 11.9 Å². The summed E-state index contributed by atoms with van der Waals surface area (Å²) in [7, 11) is 0. The van der Waals surface area contributed by atoms with Gasteiger partial charge in [-0.2, -0.15) is 0 Å². The van der Waals surface area contributed by atoms with Crippen molar-refractivity contribution in [2.75, 3.05) is 0 Å². The van der Waals surface area contributed by atoms with Crippen molar-refractivity contribution < 1.29 is 19.2 Å². The second kappa shape index (κ2) is 4.70. The van der Waals surface area contributed by atoms with Gasteiger partial charge in [0.25, 0.3) is 5.91 Å². The van der Waals surface area contributed by atoms with E-state index in [-0.39, 0.29) is 17.9 Å². The Balaban J connectivity index is 2.04. The summed E-state index contributed by atoms with van der Waals surface area (Å²) in [6.07, 6.45) is 1.15. The van der Waals surface area contributed by atoms with E-state index in [0.29, 0.717) is 11.5 Å². The van der Waals surface area contributed by atoms with Gasteiger partial charge in [-0.05, 0) is 6.92 Å². The third kappa shape index (κ3) is 2.37. The number of aromatic nitrogens is 3. The number of carboxylic acid groups (broad SMARTS) is 1. The number of aryl methyl sites for hydroxylation is 1. The van der Waals surface area contributed by atoms with Crippen molar-refractivity contribution in [2.24, 2.45) is 0 Å². The summed E-state index contributed by atoms with van der Waals surface area (Å²) in [6.45, 7) is 1.87. The Morgan fingerprint density at radius 2 is 2.33 bits per heavy atom. The normalized spacial score (nSPS) is 10.3. The molecule has 0 aliphatic carbocycles. The average Bonchev–Trinajstić information content (AvgIpc) is 2.94. The van der Waals surface area contributed by atoms with Crippen molar-refractivity contribution in [1.29, 1.82) is 0 Å². The van der Waals surface area contributed by atoms with E-state index in [9.17, 15) is 9.59 Å². The molecule has 18 heavy (non-hydrogen) atoms. The van der Waals surface area contributed by atoms with Gasteiger partial charge in [-0.25, -0.2) is 9.78 Å². The number of nitrogens with one attached hydrogen (secondary N) is 2. The molecule has 2 rings (SSSR count). The van der Waals surface area contributed by atoms with Crippen LogP contribution in [0.15, 0.2) is 16.9 Å². The lowest BCUT2D eigenvalue weighted by atomic mass is 10.3. The van der Waals surface area contributed by atoms with Gasteiger partial charge in [0.1, 0.15) is 11.5 Å². The Labute approximate surface area is 101 Å². The van der Waals surface area contributed by atoms with E-state index >= 15 is 0 Å². The topological polar surface area (TPSA) is 121 Å². The maximum absolute atomic E-state index is 11.7. The summed E-state index contributed by atoms with van der Waals surface area (Å²) in [5.41, 5.74) is 0.139. The molecule has 8 nitrogen and oxygen atoms in total. The molecule has 0 unspecified atom stereocenters. The largest absolute Gasteiger partial charge is 0.477 e. The smallest absolute Gasteiger partial charge is 0.354 e. The van der Waals surface area contributed by atoms with Gasteiger partial charge in [-0.15, -0.1) is 0 Å². The maximum atomic E-state index is 11.7. The quantitative estimate of drug-likeness (QED) is 0.719. The van der Waals surface area contributed by atoms with Crippen molar-refractivity contribution >= 4 is 11.9 Å². The van der Waals surface area contributed by atoms with E-state index in [1.165, 1.54) is 0 Å². The molecule has 2 aromatic rings. The van der Waals surface area contributed by atoms with Crippen LogP contribution in [0.4, 0.5) is 0 Å². The van der Waals surface area contributed by atoms with Gasteiger partial charge in [0, 0.05) is 6.07 Å². The number of carboxylic acids is 1. The monoisotopic (exact) mass is 250 g/mol. The fraction of sp³-hybridized carbons (Fsp3) is 0.200. The predicted molar refractivity (Wildman–Crippen MR) is 58.0 cm³/mol. The molecule has 2 aromatic heterocycles. The van der Waals surface area contributed by atoms with Gasteiger partial charge in [-0.3, -0.25) is 4.79 Å². The van der Waals surface area contributed by atoms with Crippen LogP contribution in [0.1, 0.15) is 32.4 Å². The SMILES string of the molecule is Cc1cc(CNC(=O)c2nc[nH]c2C(=O)O)no1. The summed E-state index contributed by atoms with van der Waals surface area (Å²) in [4.78, 5) is 28.5. The fourth-order valence-corrected chi connectivity index (χ4v) is 1.39. The van der Waals surface area contributed by atoms with Crippen molar-refractivity contribution in [2.45, 2.75) is 13.5 Å². The lowest BCUT2D eigenvalue weighted by Crippen LogP contribution is -2.25. The van der Waals surface area contributed by atoms with E-state index in [0.717, 1.165) is 6.33 Å². The number of amides is 1. The molecule has 0 saturated heterocycles. The highest BCUT2D eigenvalue weighted by Gasteiger charge is 2.19. The van der Waals surface area contributed by atoms with Crippen LogP contribution in [0.2, 0.25) is 0 Å². The summed E-state index contributed by atoms with van der Waals surface area (Å²) in [6, 6.07) is 1.67. The third-order valence-electron chi connectivity index (χ3n) is 2.18. The summed E-state index contributed by atoms with van der Waals surface area (Å²) < 4.78 is 4.83. The van der Waals surface area contributed by atoms with Gasteiger partial charge in [-0.1, -0.05) is 5.16 Å². The number of aromatic amines is 1. The Morgan fingerprint density at radius 3 is 2.94 bits per heavy atom. The van der Waals surface area contributed by atoms with Crippen molar-refractivity contribution in [1.82, 2.24) is 20.4 Å². The van der Waals surface area contributed by atoms with Crippen LogP contribution in [-0.2, 0) is 6.54 Å². The Kier molecular flexibility index (Phi) is 3.09. The number of carbonyl (C=O) groups is 2. The fourth-order valence-electron chi connectivity index (χ4n) is 1.39. The Morgan fingerprint density at radius 1 is 1.56 bits per heavy atom. The maximum Gasteiger partial charge on any atom is 0.354 e. The Hall–Kier alpha value is -2.64. The minimum atomic E-state index is -1.24. The number of H-pyrrole nitrogens is 1. The lowest BCUT2D eigenvalue weighted by molar-refractivity contribution is 0.0685. The first-order chi connectivity index (χ1) is 8.58. The number of aromatic carboxylic acids is 1. The van der Waals surface area contributed by atoms with Crippen LogP contribution in [-0.4, -0.2) is 32.1 Å². The number of rotatable bonds is 4. The molecule has 0 fully saturated rings. The first kappa shape index (κ1) is 11.8. The van der Waals surface area contributed by atoms with Gasteiger partial charge in [0.15, 0.2) is 11.4 Å². The van der Waals surface area contributed by atoms with Gasteiger partial charge >= 0.3 is 5.97 Å². The molecule has 0 atom stereocenters. The second-order valence-corrected chi connectivity index (χ2v) is 3.54. The third-order valence-corrected chi connectivity index (χ3v) is 2.18. The Bertz CT molecular complexity index is 586. The molecule has 3 N–H and O–H groups in total. The first-order valence-electron chi connectivity index (χ1n) is 5.05. The number of hydrogen-bond donors (Lipinski definition) is 3. The van der Waals surface area contributed by atoms with Crippen LogP contribution >= 0.6 is 0 Å². The number of hydrogen-bond acceptors (Lipinski definition) is 5. The van der Waals surface area contributed by atoms with Crippen LogP contribution < -0.4 is 5.32 Å². The zero-order valence-electron chi connectivity index (χ0n) is 9.43. The van der Waals surface area contributed by atoms with Crippen LogP contribution in [0.25, 0.3) is 0 Å². The molecular formula is C10H10N4O4.